The zero-order chi connectivity index (χ0) is 25.9. The molecule has 0 fully saturated rings. The molecule has 0 aliphatic heterocycles. The summed E-state index contributed by atoms with van der Waals surface area (Å²) in [5.74, 6) is -2.14. The Kier molecular flexibility index (Phi) is 7.05. The second-order valence-corrected chi connectivity index (χ2v) is 8.38. The average Bonchev–Trinajstić information content (AvgIpc) is 3.21. The smallest absolute Gasteiger partial charge is 0.316 e. The van der Waals surface area contributed by atoms with Crippen LogP contribution in [0.3, 0.4) is 0 Å². The summed E-state index contributed by atoms with van der Waals surface area (Å²) in [6.07, 6.45) is 5.70. The summed E-state index contributed by atoms with van der Waals surface area (Å²) in [6, 6.07) is 6.80. The fourth-order valence-electron chi connectivity index (χ4n) is 4.00. The first kappa shape index (κ1) is 24.9. The Balaban J connectivity index is 1.67. The van der Waals surface area contributed by atoms with Crippen LogP contribution in [0.5, 0.6) is 5.75 Å². The van der Waals surface area contributed by atoms with E-state index in [1.165, 1.54) is 29.2 Å². The average molecular weight is 494 g/mol. The number of hydrogen-bond donors (Lipinski definition) is 0. The van der Waals surface area contributed by atoms with Crippen molar-refractivity contribution in [1.82, 2.24) is 19.4 Å². The van der Waals surface area contributed by atoms with Crippen LogP contribution in [0.2, 0.25) is 0 Å². The van der Waals surface area contributed by atoms with E-state index >= 15 is 0 Å². The maximum atomic E-state index is 14.0. The number of imidazole rings is 1. The molecule has 0 saturated heterocycles. The van der Waals surface area contributed by atoms with Crippen LogP contribution in [0.1, 0.15) is 47.6 Å². The van der Waals surface area contributed by atoms with Crippen molar-refractivity contribution in [1.29, 1.82) is 0 Å². The lowest BCUT2D eigenvalue weighted by molar-refractivity contribution is -0.149. The number of halogens is 2. The van der Waals surface area contributed by atoms with E-state index in [9.17, 15) is 18.4 Å². The number of benzene rings is 1. The molecular formula is C26H24F2N4O4. The summed E-state index contributed by atoms with van der Waals surface area (Å²) in [4.78, 5) is 38.9. The van der Waals surface area contributed by atoms with E-state index in [4.69, 9.17) is 9.47 Å². The molecule has 3 aromatic heterocycles. The topological polar surface area (TPSA) is 95.7 Å². The molecule has 0 saturated carbocycles. The maximum Gasteiger partial charge on any atom is 0.316 e. The van der Waals surface area contributed by atoms with Gasteiger partial charge in [-0.25, -0.2) is 23.7 Å². The Labute approximate surface area is 205 Å². The van der Waals surface area contributed by atoms with Crippen molar-refractivity contribution in [3.05, 3.63) is 89.4 Å². The summed E-state index contributed by atoms with van der Waals surface area (Å²) in [5, 5.41) is 0. The quantitative estimate of drug-likeness (QED) is 0.252. The van der Waals surface area contributed by atoms with Crippen LogP contribution < -0.4 is 4.74 Å². The molecule has 0 spiro atoms. The van der Waals surface area contributed by atoms with Crippen LogP contribution in [-0.2, 0) is 21.6 Å². The van der Waals surface area contributed by atoms with Gasteiger partial charge in [-0.1, -0.05) is 6.07 Å². The first-order valence-corrected chi connectivity index (χ1v) is 11.3. The summed E-state index contributed by atoms with van der Waals surface area (Å²) < 4.78 is 40.5. The van der Waals surface area contributed by atoms with Gasteiger partial charge in [0, 0.05) is 30.6 Å². The van der Waals surface area contributed by atoms with E-state index in [1.54, 1.807) is 39.1 Å². The normalized spacial score (nSPS) is 12.8. The van der Waals surface area contributed by atoms with Crippen LogP contribution in [-0.4, -0.2) is 37.7 Å². The van der Waals surface area contributed by atoms with Gasteiger partial charge < -0.3 is 9.47 Å². The third-order valence-corrected chi connectivity index (χ3v) is 5.92. The first-order valence-electron chi connectivity index (χ1n) is 11.3. The van der Waals surface area contributed by atoms with Crippen molar-refractivity contribution < 1.29 is 27.8 Å². The number of Topliss-reactive ketones (excluding diaryl/α,β-unsaturated/α-hetero) is 1. The zero-order valence-corrected chi connectivity index (χ0v) is 20.0. The van der Waals surface area contributed by atoms with E-state index in [2.05, 4.69) is 15.0 Å². The van der Waals surface area contributed by atoms with Crippen molar-refractivity contribution in [3.63, 3.8) is 0 Å². The number of carbonyl (C=O) groups is 2. The molecule has 8 nitrogen and oxygen atoms in total. The predicted molar refractivity (Wildman–Crippen MR) is 126 cm³/mol. The molecule has 1 aromatic carbocycles. The molecule has 1 atom stereocenters. The molecular weight excluding hydrogens is 470 g/mol. The van der Waals surface area contributed by atoms with Crippen LogP contribution in [0.4, 0.5) is 8.78 Å². The van der Waals surface area contributed by atoms with E-state index in [0.29, 0.717) is 16.9 Å². The summed E-state index contributed by atoms with van der Waals surface area (Å²) in [6.45, 7) is 4.74. The molecule has 4 aromatic rings. The minimum absolute atomic E-state index is 0.147. The zero-order valence-electron chi connectivity index (χ0n) is 20.0. The molecule has 186 valence electrons. The molecule has 0 N–H and O–H groups in total. The first-order chi connectivity index (χ1) is 17.3. The molecule has 0 bridgehead atoms. The Hall–Kier alpha value is -4.21. The highest BCUT2D eigenvalue weighted by atomic mass is 19.1. The second kappa shape index (κ2) is 10.2. The van der Waals surface area contributed by atoms with Gasteiger partial charge in [-0.2, -0.15) is 0 Å². The standard InChI is InChI=1S/C26H24F2N4O4/c1-4-35-25(34)26(3,17-12-29-15-30-13-17)11-21(33)23-16(2)31-24-22(9-6-10-32(23)24)36-14-18-19(27)7-5-8-20(18)28/h5-10,12-13,15H,4,11,14H2,1-3H3. The number of esters is 1. The molecule has 4 rings (SSSR count). The van der Waals surface area contributed by atoms with E-state index in [0.717, 1.165) is 12.1 Å². The van der Waals surface area contributed by atoms with E-state index in [-0.39, 0.29) is 42.4 Å². The minimum atomic E-state index is -1.33. The highest BCUT2D eigenvalue weighted by Crippen LogP contribution is 2.32. The number of nitrogens with zero attached hydrogens (tertiary/aromatic N) is 4. The van der Waals surface area contributed by atoms with Crippen LogP contribution in [0.15, 0.2) is 55.2 Å². The van der Waals surface area contributed by atoms with Crippen molar-refractivity contribution in [2.75, 3.05) is 6.61 Å². The van der Waals surface area contributed by atoms with Crippen molar-refractivity contribution in [2.45, 2.75) is 39.2 Å². The van der Waals surface area contributed by atoms with Crippen LogP contribution in [0.25, 0.3) is 5.65 Å². The number of rotatable bonds is 9. The number of fused-ring (bicyclic) bond motifs is 1. The minimum Gasteiger partial charge on any atom is -0.485 e. The molecule has 0 radical (unpaired) electrons. The number of carbonyl (C=O) groups excluding carboxylic acids is 2. The number of pyridine rings is 1. The largest absolute Gasteiger partial charge is 0.485 e. The monoisotopic (exact) mass is 494 g/mol. The van der Waals surface area contributed by atoms with Crippen LogP contribution in [0, 0.1) is 18.6 Å². The molecule has 10 heteroatoms. The third kappa shape index (κ3) is 4.66. The highest BCUT2D eigenvalue weighted by molar-refractivity contribution is 6.01. The number of aromatic nitrogens is 4. The lowest BCUT2D eigenvalue weighted by Crippen LogP contribution is -2.37. The van der Waals surface area contributed by atoms with Gasteiger partial charge in [0.1, 0.15) is 35.7 Å². The van der Waals surface area contributed by atoms with Gasteiger partial charge >= 0.3 is 5.97 Å². The van der Waals surface area contributed by atoms with Gasteiger partial charge in [-0.15, -0.1) is 0 Å². The lowest BCUT2D eigenvalue weighted by Gasteiger charge is -2.26. The SMILES string of the molecule is CCOC(=O)C(C)(CC(=O)c1c(C)nc2c(OCc3c(F)cccc3F)cccn12)c1cncnc1. The second-order valence-electron chi connectivity index (χ2n) is 8.38. The number of ether oxygens (including phenoxy) is 2. The third-order valence-electron chi connectivity index (χ3n) is 5.92. The van der Waals surface area contributed by atoms with Crippen molar-refractivity contribution in [3.8, 4) is 5.75 Å². The fraction of sp³-hybridized carbons (Fsp3) is 0.269. The number of ketones is 1. The molecule has 0 aliphatic carbocycles. The number of hydrogen-bond acceptors (Lipinski definition) is 7. The Morgan fingerprint density at radius 1 is 1.08 bits per heavy atom. The Bertz CT molecular complexity index is 1400. The molecule has 0 aliphatic rings. The highest BCUT2D eigenvalue weighted by Gasteiger charge is 2.40. The predicted octanol–water partition coefficient (Wildman–Crippen LogP) is 4.38. The Morgan fingerprint density at radius 3 is 2.44 bits per heavy atom. The van der Waals surface area contributed by atoms with Gasteiger partial charge in [0.15, 0.2) is 17.2 Å². The molecule has 0 amide bonds. The summed E-state index contributed by atoms with van der Waals surface area (Å²) in [7, 11) is 0. The van der Waals surface area contributed by atoms with Gasteiger partial charge in [0.2, 0.25) is 0 Å². The fourth-order valence-corrected chi connectivity index (χ4v) is 4.00. The van der Waals surface area contributed by atoms with Gasteiger partial charge in [-0.3, -0.25) is 14.0 Å². The van der Waals surface area contributed by atoms with Gasteiger partial charge in [0.05, 0.1) is 17.9 Å². The van der Waals surface area contributed by atoms with Crippen molar-refractivity contribution >= 4 is 17.4 Å². The van der Waals surface area contributed by atoms with E-state index < -0.39 is 23.0 Å². The summed E-state index contributed by atoms with van der Waals surface area (Å²) in [5.41, 5.74) is -0.144. The van der Waals surface area contributed by atoms with Crippen LogP contribution >= 0.6 is 0 Å². The molecule has 36 heavy (non-hydrogen) atoms. The summed E-state index contributed by atoms with van der Waals surface area (Å²) >= 11 is 0. The van der Waals surface area contributed by atoms with Crippen molar-refractivity contribution in [2.24, 2.45) is 0 Å². The Morgan fingerprint density at radius 2 is 1.78 bits per heavy atom. The molecule has 3 heterocycles. The maximum absolute atomic E-state index is 14.0. The van der Waals surface area contributed by atoms with E-state index in [1.807, 2.05) is 0 Å². The van der Waals surface area contributed by atoms with Gasteiger partial charge in [0.25, 0.3) is 0 Å². The van der Waals surface area contributed by atoms with Gasteiger partial charge in [-0.05, 0) is 45.0 Å². The number of aryl methyl sites for hydroxylation is 1. The molecule has 1 unspecified atom stereocenters. The lowest BCUT2D eigenvalue weighted by atomic mass is 9.79.